The molecule has 0 fully saturated rings. The third-order valence-electron chi connectivity index (χ3n) is 3.45. The lowest BCUT2D eigenvalue weighted by molar-refractivity contribution is 0.102. The Hall–Kier alpha value is -2.42. The molecule has 2 N–H and O–H groups in total. The molecule has 9 heteroatoms. The van der Waals surface area contributed by atoms with Gasteiger partial charge in [0.25, 0.3) is 15.9 Å². The van der Waals surface area contributed by atoms with Crippen molar-refractivity contribution in [3.63, 3.8) is 0 Å². The molecule has 0 aliphatic heterocycles. The Kier molecular flexibility index (Phi) is 5.26. The summed E-state index contributed by atoms with van der Waals surface area (Å²) in [5.41, 5.74) is 1.76. The maximum absolute atomic E-state index is 12.3. The van der Waals surface area contributed by atoms with E-state index in [1.807, 2.05) is 6.92 Å². The fourth-order valence-corrected chi connectivity index (χ4v) is 4.28. The number of carbonyl (C=O) groups is 1. The van der Waals surface area contributed by atoms with Crippen molar-refractivity contribution in [2.45, 2.75) is 11.8 Å². The van der Waals surface area contributed by atoms with Gasteiger partial charge in [-0.25, -0.2) is 13.4 Å². The van der Waals surface area contributed by atoms with E-state index in [1.165, 1.54) is 41.8 Å². The number of nitrogens with one attached hydrogen (secondary N) is 2. The van der Waals surface area contributed by atoms with Gasteiger partial charge in [0, 0.05) is 17.3 Å². The Labute approximate surface area is 159 Å². The minimum Gasteiger partial charge on any atom is -0.322 e. The first-order valence-corrected chi connectivity index (χ1v) is 10.2. The summed E-state index contributed by atoms with van der Waals surface area (Å²) in [6.07, 6.45) is 1.51. The zero-order valence-electron chi connectivity index (χ0n) is 13.6. The van der Waals surface area contributed by atoms with Crippen LogP contribution >= 0.6 is 22.9 Å². The van der Waals surface area contributed by atoms with E-state index in [4.69, 9.17) is 11.6 Å². The molecule has 134 valence electrons. The number of amides is 1. The molecule has 0 saturated carbocycles. The number of hydrogen-bond donors (Lipinski definition) is 2. The summed E-state index contributed by atoms with van der Waals surface area (Å²) >= 11 is 7.28. The van der Waals surface area contributed by atoms with Crippen LogP contribution in [0.25, 0.3) is 0 Å². The smallest absolute Gasteiger partial charge is 0.263 e. The van der Waals surface area contributed by atoms with Gasteiger partial charge in [-0.2, -0.15) is 0 Å². The lowest BCUT2D eigenvalue weighted by atomic mass is 10.1. The molecule has 26 heavy (non-hydrogen) atoms. The average Bonchev–Trinajstić information content (AvgIpc) is 3.07. The van der Waals surface area contributed by atoms with Crippen molar-refractivity contribution < 1.29 is 13.2 Å². The van der Waals surface area contributed by atoms with Gasteiger partial charge in [0.2, 0.25) is 0 Å². The zero-order valence-corrected chi connectivity index (χ0v) is 16.0. The molecule has 0 aliphatic carbocycles. The van der Waals surface area contributed by atoms with Gasteiger partial charge in [-0.3, -0.25) is 9.52 Å². The molecular weight excluding hydrogens is 394 g/mol. The second kappa shape index (κ2) is 7.45. The van der Waals surface area contributed by atoms with Crippen molar-refractivity contribution >= 4 is 49.7 Å². The van der Waals surface area contributed by atoms with E-state index < -0.39 is 10.0 Å². The van der Waals surface area contributed by atoms with E-state index in [-0.39, 0.29) is 15.9 Å². The molecule has 1 aromatic heterocycles. The van der Waals surface area contributed by atoms with E-state index in [0.717, 1.165) is 5.56 Å². The van der Waals surface area contributed by atoms with Gasteiger partial charge in [0.1, 0.15) is 0 Å². The highest BCUT2D eigenvalue weighted by Crippen LogP contribution is 2.22. The molecule has 0 unspecified atom stereocenters. The molecule has 3 rings (SSSR count). The fourth-order valence-electron chi connectivity index (χ4n) is 2.17. The summed E-state index contributed by atoms with van der Waals surface area (Å²) in [6, 6.07) is 11.0. The maximum Gasteiger partial charge on any atom is 0.263 e. The van der Waals surface area contributed by atoms with Crippen LogP contribution in [0.5, 0.6) is 0 Å². The third-order valence-corrected chi connectivity index (χ3v) is 5.93. The highest BCUT2D eigenvalue weighted by atomic mass is 35.5. The number of halogens is 1. The predicted molar refractivity (Wildman–Crippen MR) is 104 cm³/mol. The molecule has 0 saturated heterocycles. The summed E-state index contributed by atoms with van der Waals surface area (Å²) in [4.78, 5) is 16.3. The van der Waals surface area contributed by atoms with Crippen molar-refractivity contribution in [3.8, 4) is 0 Å². The van der Waals surface area contributed by atoms with Crippen LogP contribution in [0.3, 0.4) is 0 Å². The van der Waals surface area contributed by atoms with Crippen LogP contribution in [0, 0.1) is 6.92 Å². The molecule has 1 amide bonds. The monoisotopic (exact) mass is 407 g/mol. The van der Waals surface area contributed by atoms with Crippen molar-refractivity contribution in [3.05, 3.63) is 70.2 Å². The Bertz CT molecular complexity index is 1030. The minimum absolute atomic E-state index is 0.0686. The molecule has 0 radical (unpaired) electrons. The van der Waals surface area contributed by atoms with E-state index in [1.54, 1.807) is 23.6 Å². The van der Waals surface area contributed by atoms with Crippen molar-refractivity contribution in [1.29, 1.82) is 0 Å². The van der Waals surface area contributed by atoms with Gasteiger partial charge in [-0.1, -0.05) is 17.7 Å². The minimum atomic E-state index is -3.73. The van der Waals surface area contributed by atoms with Crippen LogP contribution in [0.1, 0.15) is 15.9 Å². The van der Waals surface area contributed by atoms with Gasteiger partial charge < -0.3 is 5.32 Å². The first-order valence-electron chi connectivity index (χ1n) is 7.45. The molecule has 0 atom stereocenters. The Morgan fingerprint density at radius 2 is 1.88 bits per heavy atom. The molecule has 6 nitrogen and oxygen atoms in total. The van der Waals surface area contributed by atoms with Crippen molar-refractivity contribution in [2.75, 3.05) is 10.0 Å². The van der Waals surface area contributed by atoms with Gasteiger partial charge in [-0.15, -0.1) is 11.3 Å². The van der Waals surface area contributed by atoms with Gasteiger partial charge >= 0.3 is 0 Å². The zero-order chi connectivity index (χ0) is 18.7. The summed E-state index contributed by atoms with van der Waals surface area (Å²) in [6.45, 7) is 1.88. The SMILES string of the molecule is Cc1ccc(C(=O)Nc2ccc(S(=O)(=O)Nc3nccs3)cc2)c(Cl)c1. The number of carbonyl (C=O) groups excluding carboxylic acids is 1. The average molecular weight is 408 g/mol. The highest BCUT2D eigenvalue weighted by molar-refractivity contribution is 7.93. The number of anilines is 2. The summed E-state index contributed by atoms with van der Waals surface area (Å²) < 4.78 is 27.0. The highest BCUT2D eigenvalue weighted by Gasteiger charge is 2.16. The first-order chi connectivity index (χ1) is 12.3. The number of benzene rings is 2. The normalized spacial score (nSPS) is 11.2. The van der Waals surface area contributed by atoms with Crippen LogP contribution in [0.15, 0.2) is 58.9 Å². The lowest BCUT2D eigenvalue weighted by Gasteiger charge is -2.09. The Morgan fingerprint density at radius 1 is 1.15 bits per heavy atom. The molecular formula is C17H14ClN3O3S2. The second-order valence-electron chi connectivity index (χ2n) is 5.40. The van der Waals surface area contributed by atoms with E-state index in [0.29, 0.717) is 16.3 Å². The molecule has 0 spiro atoms. The molecule has 0 bridgehead atoms. The number of nitrogens with zero attached hydrogens (tertiary/aromatic N) is 1. The van der Waals surface area contributed by atoms with Gasteiger partial charge in [0.05, 0.1) is 15.5 Å². The molecule has 1 heterocycles. The van der Waals surface area contributed by atoms with E-state index in [9.17, 15) is 13.2 Å². The van der Waals surface area contributed by atoms with Crippen LogP contribution in [-0.4, -0.2) is 19.3 Å². The van der Waals surface area contributed by atoms with Crippen LogP contribution in [0.2, 0.25) is 5.02 Å². The summed E-state index contributed by atoms with van der Waals surface area (Å²) in [5.74, 6) is -0.369. The number of aromatic nitrogens is 1. The molecule has 0 aliphatic rings. The number of sulfonamides is 1. The molecule has 3 aromatic rings. The lowest BCUT2D eigenvalue weighted by Crippen LogP contribution is -2.14. The van der Waals surface area contributed by atoms with Crippen LogP contribution < -0.4 is 10.0 Å². The van der Waals surface area contributed by atoms with Crippen molar-refractivity contribution in [1.82, 2.24) is 4.98 Å². The van der Waals surface area contributed by atoms with Crippen LogP contribution in [-0.2, 0) is 10.0 Å². The number of hydrogen-bond acceptors (Lipinski definition) is 5. The van der Waals surface area contributed by atoms with Gasteiger partial charge in [0.15, 0.2) is 5.13 Å². The second-order valence-corrected chi connectivity index (χ2v) is 8.39. The fraction of sp³-hybridized carbons (Fsp3) is 0.0588. The quantitative estimate of drug-likeness (QED) is 0.664. The van der Waals surface area contributed by atoms with E-state index in [2.05, 4.69) is 15.0 Å². The first kappa shape index (κ1) is 18.4. The summed E-state index contributed by atoms with van der Waals surface area (Å²) in [7, 11) is -3.73. The molecule has 2 aromatic carbocycles. The van der Waals surface area contributed by atoms with Crippen LogP contribution in [0.4, 0.5) is 10.8 Å². The number of aryl methyl sites for hydroxylation is 1. The maximum atomic E-state index is 12.3. The van der Waals surface area contributed by atoms with E-state index >= 15 is 0 Å². The number of rotatable bonds is 5. The summed E-state index contributed by atoms with van der Waals surface area (Å²) in [5, 5.41) is 5.01. The Morgan fingerprint density at radius 3 is 2.50 bits per heavy atom. The standard InChI is InChI=1S/C17H14ClN3O3S2/c1-11-2-7-14(15(18)10-11)16(22)20-12-3-5-13(6-4-12)26(23,24)21-17-19-8-9-25-17/h2-10H,1H3,(H,19,21)(H,20,22). The number of thiazole rings is 1. The Balaban J connectivity index is 1.74. The predicted octanol–water partition coefficient (Wildman–Crippen LogP) is 4.16. The van der Waals surface area contributed by atoms with Crippen molar-refractivity contribution in [2.24, 2.45) is 0 Å². The topological polar surface area (TPSA) is 88.2 Å². The third kappa shape index (κ3) is 4.21. The van der Waals surface area contributed by atoms with Gasteiger partial charge in [-0.05, 0) is 48.9 Å². The largest absolute Gasteiger partial charge is 0.322 e.